The van der Waals surface area contributed by atoms with Crippen LogP contribution in [0.25, 0.3) is 0 Å². The summed E-state index contributed by atoms with van der Waals surface area (Å²) in [5, 5.41) is 0.582. The van der Waals surface area contributed by atoms with Crippen LogP contribution < -0.4 is 0 Å². The van der Waals surface area contributed by atoms with E-state index in [4.69, 9.17) is 0 Å². The van der Waals surface area contributed by atoms with Crippen LogP contribution in [0.4, 0.5) is 0 Å². The highest BCUT2D eigenvalue weighted by molar-refractivity contribution is 8.00. The quantitative estimate of drug-likeness (QED) is 0.830. The van der Waals surface area contributed by atoms with Gasteiger partial charge >= 0.3 is 0 Å². The maximum atomic E-state index is 12.8. The molecule has 0 spiro atoms. The SMILES string of the molecule is Cc1cccc(SC2CCN(C(=O)[C@@H]3CC(=O)N(C4CC4)C3)CC2)c1. The molecule has 1 aliphatic carbocycles. The van der Waals surface area contributed by atoms with Crippen molar-refractivity contribution in [2.45, 2.75) is 55.2 Å². The van der Waals surface area contributed by atoms with E-state index in [9.17, 15) is 9.59 Å². The maximum absolute atomic E-state index is 12.8. The topological polar surface area (TPSA) is 40.6 Å². The Morgan fingerprint density at radius 3 is 2.60 bits per heavy atom. The summed E-state index contributed by atoms with van der Waals surface area (Å²) in [6.45, 7) is 4.44. The highest BCUT2D eigenvalue weighted by atomic mass is 32.2. The Balaban J connectivity index is 1.28. The Labute approximate surface area is 153 Å². The van der Waals surface area contributed by atoms with Gasteiger partial charge in [-0.1, -0.05) is 17.7 Å². The fourth-order valence-corrected chi connectivity index (χ4v) is 5.21. The minimum absolute atomic E-state index is 0.103. The lowest BCUT2D eigenvalue weighted by Crippen LogP contribution is -2.43. The van der Waals surface area contributed by atoms with Crippen LogP contribution in [0.3, 0.4) is 0 Å². The summed E-state index contributed by atoms with van der Waals surface area (Å²) in [6.07, 6.45) is 4.74. The van der Waals surface area contributed by atoms with Gasteiger partial charge in [0, 0.05) is 42.2 Å². The van der Waals surface area contributed by atoms with Crippen molar-refractivity contribution in [3.8, 4) is 0 Å². The van der Waals surface area contributed by atoms with Crippen LogP contribution in [-0.4, -0.2) is 52.5 Å². The zero-order chi connectivity index (χ0) is 17.4. The molecule has 134 valence electrons. The van der Waals surface area contributed by atoms with Gasteiger partial charge in [-0.2, -0.15) is 0 Å². The molecule has 5 heteroatoms. The standard InChI is InChI=1S/C20H26N2O2S/c1-14-3-2-4-18(11-14)25-17-7-9-21(10-8-17)20(24)15-12-19(23)22(13-15)16-5-6-16/h2-4,11,15-17H,5-10,12-13H2,1H3/t15-/m1/s1. The number of aryl methyl sites for hydroxylation is 1. The summed E-state index contributed by atoms with van der Waals surface area (Å²) < 4.78 is 0. The summed E-state index contributed by atoms with van der Waals surface area (Å²) in [7, 11) is 0. The van der Waals surface area contributed by atoms with Crippen molar-refractivity contribution in [3.63, 3.8) is 0 Å². The Hall–Kier alpha value is -1.49. The second-order valence-electron chi connectivity index (χ2n) is 7.64. The molecule has 0 unspecified atom stereocenters. The fourth-order valence-electron chi connectivity index (χ4n) is 3.97. The second kappa shape index (κ2) is 7.02. The van der Waals surface area contributed by atoms with Crippen molar-refractivity contribution in [2.75, 3.05) is 19.6 Å². The molecule has 0 bridgehead atoms. The molecule has 2 saturated heterocycles. The van der Waals surface area contributed by atoms with Gasteiger partial charge in [-0.3, -0.25) is 9.59 Å². The van der Waals surface area contributed by atoms with E-state index in [1.54, 1.807) is 0 Å². The van der Waals surface area contributed by atoms with Crippen LogP contribution >= 0.6 is 11.8 Å². The number of carbonyl (C=O) groups excluding carboxylic acids is 2. The lowest BCUT2D eigenvalue weighted by Gasteiger charge is -2.33. The maximum Gasteiger partial charge on any atom is 0.227 e. The largest absolute Gasteiger partial charge is 0.342 e. The zero-order valence-electron chi connectivity index (χ0n) is 14.8. The van der Waals surface area contributed by atoms with Crippen molar-refractivity contribution in [1.29, 1.82) is 0 Å². The first-order chi connectivity index (χ1) is 12.1. The van der Waals surface area contributed by atoms with Crippen LogP contribution in [-0.2, 0) is 9.59 Å². The average Bonchev–Trinajstić information content (AvgIpc) is 3.37. The normalized spacial score (nSPS) is 24.8. The molecule has 1 aromatic carbocycles. The molecular weight excluding hydrogens is 332 g/mol. The molecule has 3 aliphatic rings. The molecule has 4 nitrogen and oxygen atoms in total. The molecule has 1 saturated carbocycles. The molecule has 2 aliphatic heterocycles. The Kier molecular flexibility index (Phi) is 4.76. The molecule has 1 atom stereocenters. The highest BCUT2D eigenvalue weighted by Crippen LogP contribution is 2.35. The van der Waals surface area contributed by atoms with Crippen molar-refractivity contribution in [3.05, 3.63) is 29.8 Å². The number of rotatable bonds is 4. The van der Waals surface area contributed by atoms with E-state index in [0.29, 0.717) is 24.3 Å². The third-order valence-electron chi connectivity index (χ3n) is 5.54. The predicted octanol–water partition coefficient (Wildman–Crippen LogP) is 3.09. The third-order valence-corrected chi connectivity index (χ3v) is 6.87. The number of benzene rings is 1. The van der Waals surface area contributed by atoms with E-state index in [1.807, 2.05) is 21.6 Å². The summed E-state index contributed by atoms with van der Waals surface area (Å²) >= 11 is 1.94. The molecular formula is C20H26N2O2S. The molecule has 3 fully saturated rings. The summed E-state index contributed by atoms with van der Waals surface area (Å²) in [4.78, 5) is 30.1. The first-order valence-corrected chi connectivity index (χ1v) is 10.3. The van der Waals surface area contributed by atoms with Gasteiger partial charge in [0.25, 0.3) is 0 Å². The number of nitrogens with zero attached hydrogens (tertiary/aromatic N) is 2. The molecule has 2 heterocycles. The third kappa shape index (κ3) is 3.86. The average molecular weight is 359 g/mol. The van der Waals surface area contributed by atoms with Gasteiger partial charge < -0.3 is 9.80 Å². The van der Waals surface area contributed by atoms with Crippen LogP contribution in [0.15, 0.2) is 29.2 Å². The Morgan fingerprint density at radius 2 is 1.92 bits per heavy atom. The number of hydrogen-bond acceptors (Lipinski definition) is 3. The summed E-state index contributed by atoms with van der Waals surface area (Å²) in [5.41, 5.74) is 1.30. The monoisotopic (exact) mass is 358 g/mol. The number of thioether (sulfide) groups is 1. The molecule has 0 N–H and O–H groups in total. The minimum atomic E-state index is -0.103. The first-order valence-electron chi connectivity index (χ1n) is 9.42. The molecule has 1 aromatic rings. The minimum Gasteiger partial charge on any atom is -0.342 e. The first kappa shape index (κ1) is 17.0. The van der Waals surface area contributed by atoms with Crippen molar-refractivity contribution < 1.29 is 9.59 Å². The predicted molar refractivity (Wildman–Crippen MR) is 99.5 cm³/mol. The van der Waals surface area contributed by atoms with Crippen molar-refractivity contribution in [1.82, 2.24) is 9.80 Å². The van der Waals surface area contributed by atoms with Gasteiger partial charge in [-0.25, -0.2) is 0 Å². The molecule has 2 amide bonds. The zero-order valence-corrected chi connectivity index (χ0v) is 15.6. The summed E-state index contributed by atoms with van der Waals surface area (Å²) in [5.74, 6) is 0.287. The van der Waals surface area contributed by atoms with Crippen molar-refractivity contribution >= 4 is 23.6 Å². The Bertz CT molecular complexity index is 665. The van der Waals surface area contributed by atoms with E-state index in [0.717, 1.165) is 38.8 Å². The lowest BCUT2D eigenvalue weighted by molar-refractivity contribution is -0.136. The van der Waals surface area contributed by atoms with E-state index >= 15 is 0 Å². The fraction of sp³-hybridized carbons (Fsp3) is 0.600. The van der Waals surface area contributed by atoms with E-state index in [2.05, 4.69) is 31.2 Å². The number of carbonyl (C=O) groups is 2. The Morgan fingerprint density at radius 1 is 1.16 bits per heavy atom. The van der Waals surface area contributed by atoms with Gasteiger partial charge in [-0.05, 0) is 44.7 Å². The number of amides is 2. The lowest BCUT2D eigenvalue weighted by atomic mass is 10.0. The highest BCUT2D eigenvalue weighted by Gasteiger charge is 2.43. The molecule has 0 aromatic heterocycles. The van der Waals surface area contributed by atoms with E-state index < -0.39 is 0 Å². The number of hydrogen-bond donors (Lipinski definition) is 0. The van der Waals surface area contributed by atoms with E-state index in [-0.39, 0.29) is 17.7 Å². The summed E-state index contributed by atoms with van der Waals surface area (Å²) in [6, 6.07) is 9.07. The van der Waals surface area contributed by atoms with Crippen LogP contribution in [0, 0.1) is 12.8 Å². The number of likely N-dealkylation sites (tertiary alicyclic amines) is 2. The van der Waals surface area contributed by atoms with Crippen LogP contribution in [0.5, 0.6) is 0 Å². The van der Waals surface area contributed by atoms with Crippen molar-refractivity contribution in [2.24, 2.45) is 5.92 Å². The molecule has 0 radical (unpaired) electrons. The van der Waals surface area contributed by atoms with Gasteiger partial charge in [0.15, 0.2) is 0 Å². The van der Waals surface area contributed by atoms with E-state index in [1.165, 1.54) is 10.5 Å². The van der Waals surface area contributed by atoms with Crippen LogP contribution in [0.1, 0.15) is 37.7 Å². The molecule has 25 heavy (non-hydrogen) atoms. The smallest absolute Gasteiger partial charge is 0.227 e. The second-order valence-corrected chi connectivity index (χ2v) is 9.01. The number of piperidine rings is 1. The molecule has 4 rings (SSSR count). The van der Waals surface area contributed by atoms with Gasteiger partial charge in [0.2, 0.25) is 11.8 Å². The van der Waals surface area contributed by atoms with Gasteiger partial charge in [0.1, 0.15) is 0 Å². The van der Waals surface area contributed by atoms with Gasteiger partial charge in [0.05, 0.1) is 5.92 Å². The van der Waals surface area contributed by atoms with Gasteiger partial charge in [-0.15, -0.1) is 11.8 Å². The van der Waals surface area contributed by atoms with Crippen LogP contribution in [0.2, 0.25) is 0 Å².